The summed E-state index contributed by atoms with van der Waals surface area (Å²) in [6.07, 6.45) is 6.54. The zero-order valence-electron chi connectivity index (χ0n) is 14.3. The Hall–Kier alpha value is -3.42. The van der Waals surface area contributed by atoms with Gasteiger partial charge < -0.3 is 15.4 Å². The second-order valence-corrected chi connectivity index (χ2v) is 5.59. The molecule has 0 saturated heterocycles. The number of benzene rings is 1. The highest BCUT2D eigenvalue weighted by Gasteiger charge is 2.13. The molecule has 2 amide bonds. The Labute approximate surface area is 149 Å². The Morgan fingerprint density at radius 3 is 2.73 bits per heavy atom. The van der Waals surface area contributed by atoms with Gasteiger partial charge in [-0.15, -0.1) is 0 Å². The van der Waals surface area contributed by atoms with Crippen LogP contribution in [0.1, 0.15) is 18.5 Å². The highest BCUT2D eigenvalue weighted by Crippen LogP contribution is 2.21. The van der Waals surface area contributed by atoms with Gasteiger partial charge in [0.2, 0.25) is 0 Å². The van der Waals surface area contributed by atoms with Crippen molar-refractivity contribution in [2.75, 3.05) is 12.4 Å². The molecule has 3 aromatic rings. The van der Waals surface area contributed by atoms with Crippen molar-refractivity contribution in [3.63, 3.8) is 0 Å². The van der Waals surface area contributed by atoms with E-state index in [2.05, 4.69) is 20.7 Å². The van der Waals surface area contributed by atoms with Crippen LogP contribution in [0.3, 0.4) is 0 Å². The van der Waals surface area contributed by atoms with Gasteiger partial charge in [-0.2, -0.15) is 5.10 Å². The first-order chi connectivity index (χ1) is 12.6. The summed E-state index contributed by atoms with van der Waals surface area (Å²) in [5.41, 5.74) is 1.99. The highest BCUT2D eigenvalue weighted by molar-refractivity contribution is 5.89. The zero-order valence-corrected chi connectivity index (χ0v) is 14.3. The molecule has 8 heteroatoms. The van der Waals surface area contributed by atoms with Crippen LogP contribution in [-0.4, -0.2) is 27.9 Å². The van der Waals surface area contributed by atoms with Crippen molar-refractivity contribution in [2.24, 2.45) is 0 Å². The van der Waals surface area contributed by atoms with Crippen molar-refractivity contribution < 1.29 is 13.9 Å². The molecule has 0 spiro atoms. The summed E-state index contributed by atoms with van der Waals surface area (Å²) in [6.45, 7) is 1.77. The largest absolute Gasteiger partial charge is 0.494 e. The van der Waals surface area contributed by atoms with Crippen molar-refractivity contribution >= 4 is 11.7 Å². The molecule has 2 heterocycles. The van der Waals surface area contributed by atoms with Crippen LogP contribution in [0.2, 0.25) is 0 Å². The van der Waals surface area contributed by atoms with Crippen molar-refractivity contribution in [3.8, 4) is 11.4 Å². The number of nitrogens with zero attached hydrogens (tertiary/aromatic N) is 3. The van der Waals surface area contributed by atoms with E-state index in [-0.39, 0.29) is 11.8 Å². The number of pyridine rings is 1. The van der Waals surface area contributed by atoms with Crippen LogP contribution < -0.4 is 15.4 Å². The lowest BCUT2D eigenvalue weighted by molar-refractivity contribution is 0.249. The maximum atomic E-state index is 13.8. The molecule has 1 unspecified atom stereocenters. The average molecular weight is 355 g/mol. The molecule has 2 aromatic heterocycles. The molecule has 1 atom stereocenters. The van der Waals surface area contributed by atoms with Crippen LogP contribution in [0.5, 0.6) is 5.75 Å². The van der Waals surface area contributed by atoms with Crippen LogP contribution in [0, 0.1) is 5.82 Å². The van der Waals surface area contributed by atoms with Gasteiger partial charge in [-0.3, -0.25) is 4.98 Å². The van der Waals surface area contributed by atoms with Crippen molar-refractivity contribution in [1.29, 1.82) is 0 Å². The van der Waals surface area contributed by atoms with E-state index in [1.165, 1.54) is 25.4 Å². The summed E-state index contributed by atoms with van der Waals surface area (Å²) in [5.74, 6) is -0.313. The van der Waals surface area contributed by atoms with Crippen molar-refractivity contribution in [1.82, 2.24) is 20.1 Å². The molecule has 134 valence electrons. The lowest BCUT2D eigenvalue weighted by Crippen LogP contribution is -2.31. The summed E-state index contributed by atoms with van der Waals surface area (Å²) in [5, 5.41) is 9.65. The van der Waals surface area contributed by atoms with Gasteiger partial charge in [-0.05, 0) is 36.8 Å². The minimum absolute atomic E-state index is 0.161. The van der Waals surface area contributed by atoms with E-state index in [0.29, 0.717) is 11.3 Å². The first-order valence-corrected chi connectivity index (χ1v) is 7.93. The van der Waals surface area contributed by atoms with Crippen LogP contribution >= 0.6 is 0 Å². The van der Waals surface area contributed by atoms with Gasteiger partial charge in [0.25, 0.3) is 0 Å². The van der Waals surface area contributed by atoms with Gasteiger partial charge in [-0.25, -0.2) is 13.9 Å². The topological polar surface area (TPSA) is 81.1 Å². The van der Waals surface area contributed by atoms with Crippen LogP contribution in [0.15, 0.2) is 55.1 Å². The molecular formula is C18H18FN5O2. The molecule has 3 rings (SSSR count). The summed E-state index contributed by atoms with van der Waals surface area (Å²) >= 11 is 0. The predicted octanol–water partition coefficient (Wildman–Crippen LogP) is 3.30. The molecule has 26 heavy (non-hydrogen) atoms. The molecule has 7 nitrogen and oxygen atoms in total. The predicted molar refractivity (Wildman–Crippen MR) is 94.9 cm³/mol. The number of hydrogen-bond donors (Lipinski definition) is 2. The highest BCUT2D eigenvalue weighted by atomic mass is 19.1. The number of aromatic nitrogens is 3. The Balaban J connectivity index is 1.62. The third-order valence-electron chi connectivity index (χ3n) is 3.79. The summed E-state index contributed by atoms with van der Waals surface area (Å²) in [4.78, 5) is 16.1. The molecule has 1 aromatic carbocycles. The number of nitrogens with one attached hydrogen (secondary N) is 2. The quantitative estimate of drug-likeness (QED) is 0.736. The van der Waals surface area contributed by atoms with E-state index in [4.69, 9.17) is 4.74 Å². The summed E-state index contributed by atoms with van der Waals surface area (Å²) in [6, 6.07) is 7.38. The van der Waals surface area contributed by atoms with E-state index in [0.717, 1.165) is 5.69 Å². The molecule has 0 bridgehead atoms. The number of hydrogen-bond acceptors (Lipinski definition) is 4. The fourth-order valence-electron chi connectivity index (χ4n) is 2.42. The number of anilines is 1. The first-order valence-electron chi connectivity index (χ1n) is 7.93. The van der Waals surface area contributed by atoms with E-state index >= 15 is 0 Å². The second kappa shape index (κ2) is 7.64. The molecule has 2 N–H and O–H groups in total. The zero-order chi connectivity index (χ0) is 18.5. The van der Waals surface area contributed by atoms with Crippen LogP contribution in [0.4, 0.5) is 14.9 Å². The van der Waals surface area contributed by atoms with Gasteiger partial charge in [0.1, 0.15) is 0 Å². The third kappa shape index (κ3) is 3.97. The molecule has 0 aliphatic rings. The maximum Gasteiger partial charge on any atom is 0.319 e. The number of rotatable bonds is 5. The van der Waals surface area contributed by atoms with E-state index in [1.807, 2.05) is 0 Å². The molecule has 0 saturated carbocycles. The Morgan fingerprint density at radius 1 is 1.27 bits per heavy atom. The number of halogens is 1. The fourth-order valence-corrected chi connectivity index (χ4v) is 2.42. The smallest absolute Gasteiger partial charge is 0.319 e. The minimum Gasteiger partial charge on any atom is -0.494 e. The SMILES string of the molecule is COc1ccc(C(C)NC(=O)Nc2cnn(-c3ccncc3)c2)cc1F. The van der Waals surface area contributed by atoms with E-state index in [1.54, 1.807) is 48.4 Å². The summed E-state index contributed by atoms with van der Waals surface area (Å²) in [7, 11) is 1.40. The first kappa shape index (κ1) is 17.4. The van der Waals surface area contributed by atoms with Crippen LogP contribution in [-0.2, 0) is 0 Å². The Kier molecular flexibility index (Phi) is 5.12. The standard InChI is InChI=1S/C18H18FN5O2/c1-12(13-3-4-17(26-2)16(19)9-13)22-18(25)23-14-10-21-24(11-14)15-5-7-20-8-6-15/h3-12H,1-2H3,(H2,22,23,25). The fraction of sp³-hybridized carbons (Fsp3) is 0.167. The van der Waals surface area contributed by atoms with E-state index in [9.17, 15) is 9.18 Å². The molecule has 0 aliphatic carbocycles. The minimum atomic E-state index is -0.474. The number of amides is 2. The number of methoxy groups -OCH3 is 1. The number of carbonyl (C=O) groups is 1. The molecule has 0 aliphatic heterocycles. The number of urea groups is 1. The number of ether oxygens (including phenoxy) is 1. The van der Waals surface area contributed by atoms with Crippen molar-refractivity contribution in [3.05, 3.63) is 66.5 Å². The Bertz CT molecular complexity index is 898. The lowest BCUT2D eigenvalue weighted by atomic mass is 10.1. The maximum absolute atomic E-state index is 13.8. The molecular weight excluding hydrogens is 337 g/mol. The van der Waals surface area contributed by atoms with Gasteiger partial charge in [0, 0.05) is 12.4 Å². The van der Waals surface area contributed by atoms with Gasteiger partial charge in [0.05, 0.1) is 36.9 Å². The molecule has 0 radical (unpaired) electrons. The van der Waals surface area contributed by atoms with Crippen molar-refractivity contribution in [2.45, 2.75) is 13.0 Å². The van der Waals surface area contributed by atoms with Gasteiger partial charge >= 0.3 is 6.03 Å². The normalized spacial score (nSPS) is 11.7. The summed E-state index contributed by atoms with van der Waals surface area (Å²) < 4.78 is 20.3. The molecule has 0 fully saturated rings. The van der Waals surface area contributed by atoms with Crippen LogP contribution in [0.25, 0.3) is 5.69 Å². The monoisotopic (exact) mass is 355 g/mol. The van der Waals surface area contributed by atoms with Gasteiger partial charge in [-0.1, -0.05) is 6.07 Å². The van der Waals surface area contributed by atoms with E-state index < -0.39 is 11.8 Å². The average Bonchev–Trinajstić information content (AvgIpc) is 3.10. The van der Waals surface area contributed by atoms with Gasteiger partial charge in [0.15, 0.2) is 11.6 Å². The lowest BCUT2D eigenvalue weighted by Gasteiger charge is -2.15. The Morgan fingerprint density at radius 2 is 2.04 bits per heavy atom. The second-order valence-electron chi connectivity index (χ2n) is 5.59. The number of carbonyl (C=O) groups excluding carboxylic acids is 1. The third-order valence-corrected chi connectivity index (χ3v) is 3.79.